The molecule has 0 saturated heterocycles. The van der Waals surface area contributed by atoms with E-state index in [0.29, 0.717) is 12.2 Å². The largest absolute Gasteiger partial charge is 0.507 e. The van der Waals surface area contributed by atoms with Crippen LogP contribution in [0.4, 0.5) is 0 Å². The molecule has 4 fully saturated rings. The van der Waals surface area contributed by atoms with E-state index in [2.05, 4.69) is 59.0 Å². The highest BCUT2D eigenvalue weighted by Gasteiger charge is 2.51. The van der Waals surface area contributed by atoms with E-state index in [1.165, 1.54) is 38.5 Å². The predicted octanol–water partition coefficient (Wildman–Crippen LogP) is 6.55. The lowest BCUT2D eigenvalue weighted by Crippen LogP contribution is -2.59. The van der Waals surface area contributed by atoms with Crippen molar-refractivity contribution >= 4 is 17.7 Å². The van der Waals surface area contributed by atoms with Crippen LogP contribution in [0.15, 0.2) is 17.0 Å². The van der Waals surface area contributed by atoms with Crippen LogP contribution in [0.5, 0.6) is 5.75 Å². The molecule has 3 nitrogen and oxygen atoms in total. The number of benzene rings is 1. The summed E-state index contributed by atoms with van der Waals surface area (Å²) in [6.07, 6.45) is 8.39. The highest BCUT2D eigenvalue weighted by molar-refractivity contribution is 7.99. The standard InChI is InChI=1S/C27H41NO2S/c1-25(2,3)21-12-20(13-22(24(21)30)26(4,5)6)31-8-7-23(29)28-27-14-17-9-18(15-27)11-19(10-17)16-27/h12-13,17-19,30H,7-11,14-16H2,1-6H3,(H,28,29). The summed E-state index contributed by atoms with van der Waals surface area (Å²) in [5, 5.41) is 14.4. The number of rotatable bonds is 5. The lowest BCUT2D eigenvalue weighted by atomic mass is 9.53. The third-order valence-corrected chi connectivity index (χ3v) is 8.72. The maximum Gasteiger partial charge on any atom is 0.221 e. The van der Waals surface area contributed by atoms with Gasteiger partial charge in [-0.2, -0.15) is 0 Å². The van der Waals surface area contributed by atoms with Crippen molar-refractivity contribution in [3.05, 3.63) is 23.3 Å². The quantitative estimate of drug-likeness (QED) is 0.507. The number of hydrogen-bond acceptors (Lipinski definition) is 3. The van der Waals surface area contributed by atoms with Crippen molar-refractivity contribution in [1.29, 1.82) is 0 Å². The molecule has 0 unspecified atom stereocenters. The van der Waals surface area contributed by atoms with Crippen LogP contribution >= 0.6 is 11.8 Å². The van der Waals surface area contributed by atoms with Crippen molar-refractivity contribution in [3.8, 4) is 5.75 Å². The van der Waals surface area contributed by atoms with Gasteiger partial charge in [0, 0.05) is 33.7 Å². The van der Waals surface area contributed by atoms with Gasteiger partial charge in [0.15, 0.2) is 0 Å². The van der Waals surface area contributed by atoms with Crippen LogP contribution in [0, 0.1) is 17.8 Å². The van der Waals surface area contributed by atoms with Gasteiger partial charge in [0.05, 0.1) is 0 Å². The Labute approximate surface area is 193 Å². The first-order valence-electron chi connectivity index (χ1n) is 12.2. The van der Waals surface area contributed by atoms with Crippen molar-refractivity contribution in [3.63, 3.8) is 0 Å². The Bertz CT molecular complexity index is 775. The van der Waals surface area contributed by atoms with Crippen molar-refractivity contribution in [2.24, 2.45) is 17.8 Å². The number of aromatic hydroxyl groups is 1. The maximum atomic E-state index is 12.9. The fourth-order valence-corrected chi connectivity index (χ4v) is 7.64. The number of carbonyl (C=O) groups excluding carboxylic acids is 1. The highest BCUT2D eigenvalue weighted by Crippen LogP contribution is 2.55. The molecule has 31 heavy (non-hydrogen) atoms. The van der Waals surface area contributed by atoms with Crippen LogP contribution in [0.1, 0.15) is 97.6 Å². The van der Waals surface area contributed by atoms with Crippen LogP contribution < -0.4 is 5.32 Å². The van der Waals surface area contributed by atoms with E-state index >= 15 is 0 Å². The molecule has 172 valence electrons. The Morgan fingerprint density at radius 2 is 1.42 bits per heavy atom. The Morgan fingerprint density at radius 3 is 1.84 bits per heavy atom. The van der Waals surface area contributed by atoms with Gasteiger partial charge in [0.1, 0.15) is 5.75 Å². The third-order valence-electron chi connectivity index (χ3n) is 7.74. The molecule has 4 aliphatic carbocycles. The number of hydrogen-bond donors (Lipinski definition) is 2. The van der Waals surface area contributed by atoms with E-state index in [4.69, 9.17) is 0 Å². The highest BCUT2D eigenvalue weighted by atomic mass is 32.2. The van der Waals surface area contributed by atoms with Crippen LogP contribution in [0.2, 0.25) is 0 Å². The van der Waals surface area contributed by atoms with E-state index in [9.17, 15) is 9.90 Å². The van der Waals surface area contributed by atoms with Crippen LogP contribution in [-0.2, 0) is 15.6 Å². The zero-order chi connectivity index (χ0) is 22.6. The van der Waals surface area contributed by atoms with Gasteiger partial charge >= 0.3 is 0 Å². The van der Waals surface area contributed by atoms with E-state index in [-0.39, 0.29) is 22.3 Å². The molecule has 0 atom stereocenters. The number of amides is 1. The molecule has 1 aromatic rings. The van der Waals surface area contributed by atoms with Crippen molar-refractivity contribution in [2.75, 3.05) is 5.75 Å². The fraction of sp³-hybridized carbons (Fsp3) is 0.741. The summed E-state index contributed by atoms with van der Waals surface area (Å²) in [7, 11) is 0. The van der Waals surface area contributed by atoms with Crippen LogP contribution in [0.3, 0.4) is 0 Å². The number of phenolic OH excluding ortho intramolecular Hbond substituents is 1. The van der Waals surface area contributed by atoms with Gasteiger partial charge in [0.2, 0.25) is 5.91 Å². The molecule has 5 rings (SSSR count). The lowest BCUT2D eigenvalue weighted by Gasteiger charge is -2.56. The molecule has 0 aliphatic heterocycles. The summed E-state index contributed by atoms with van der Waals surface area (Å²) in [5.74, 6) is 3.97. The minimum atomic E-state index is -0.128. The summed E-state index contributed by atoms with van der Waals surface area (Å²) in [6.45, 7) is 12.8. The second-order valence-electron chi connectivity index (χ2n) is 12.7. The Morgan fingerprint density at radius 1 is 0.968 bits per heavy atom. The summed E-state index contributed by atoms with van der Waals surface area (Å²) >= 11 is 1.74. The number of nitrogens with one attached hydrogen (secondary N) is 1. The SMILES string of the molecule is CC(C)(C)c1cc(SCCC(=O)NC23CC4CC(CC(C4)C2)C3)cc(C(C)(C)C)c1O. The van der Waals surface area contributed by atoms with E-state index in [1.807, 2.05) is 0 Å². The molecular formula is C27H41NO2S. The van der Waals surface area contributed by atoms with Gasteiger partial charge in [-0.05, 0) is 79.2 Å². The van der Waals surface area contributed by atoms with E-state index in [0.717, 1.165) is 39.5 Å². The number of thioether (sulfide) groups is 1. The molecule has 0 heterocycles. The summed E-state index contributed by atoms with van der Waals surface area (Å²) < 4.78 is 0. The first-order valence-corrected chi connectivity index (χ1v) is 13.1. The minimum Gasteiger partial charge on any atom is -0.507 e. The summed E-state index contributed by atoms with van der Waals surface area (Å²) in [5.41, 5.74) is 1.82. The average molecular weight is 444 g/mol. The van der Waals surface area contributed by atoms with Crippen LogP contribution in [-0.4, -0.2) is 22.3 Å². The predicted molar refractivity (Wildman–Crippen MR) is 130 cm³/mol. The third kappa shape index (κ3) is 4.94. The molecule has 1 aromatic carbocycles. The van der Waals surface area contributed by atoms with E-state index < -0.39 is 0 Å². The summed E-state index contributed by atoms with van der Waals surface area (Å²) in [4.78, 5) is 14.0. The smallest absolute Gasteiger partial charge is 0.221 e. The van der Waals surface area contributed by atoms with E-state index in [1.54, 1.807) is 11.8 Å². The van der Waals surface area contributed by atoms with Crippen LogP contribution in [0.25, 0.3) is 0 Å². The second kappa shape index (κ2) is 8.01. The monoisotopic (exact) mass is 443 g/mol. The number of phenols is 1. The molecule has 0 radical (unpaired) electrons. The molecular weight excluding hydrogens is 402 g/mol. The van der Waals surface area contributed by atoms with Gasteiger partial charge in [-0.15, -0.1) is 11.8 Å². The molecule has 4 heteroatoms. The zero-order valence-corrected chi connectivity index (χ0v) is 21.1. The lowest BCUT2D eigenvalue weighted by molar-refractivity contribution is -0.126. The molecule has 0 aromatic heterocycles. The number of carbonyl (C=O) groups is 1. The molecule has 4 bridgehead atoms. The Balaban J connectivity index is 1.40. The van der Waals surface area contributed by atoms with Gasteiger partial charge in [0.25, 0.3) is 0 Å². The van der Waals surface area contributed by atoms with Crippen molar-refractivity contribution in [2.45, 2.75) is 108 Å². The average Bonchev–Trinajstić information content (AvgIpc) is 2.59. The molecule has 4 aliphatic rings. The maximum absolute atomic E-state index is 12.9. The van der Waals surface area contributed by atoms with Gasteiger partial charge in [-0.3, -0.25) is 4.79 Å². The fourth-order valence-electron chi connectivity index (χ4n) is 6.72. The molecule has 1 amide bonds. The Hall–Kier alpha value is -1.16. The van der Waals surface area contributed by atoms with Crippen molar-refractivity contribution < 1.29 is 9.90 Å². The molecule has 0 spiro atoms. The van der Waals surface area contributed by atoms with Gasteiger partial charge in [-0.1, -0.05) is 41.5 Å². The van der Waals surface area contributed by atoms with Crippen molar-refractivity contribution in [1.82, 2.24) is 5.32 Å². The van der Waals surface area contributed by atoms with Gasteiger partial charge in [-0.25, -0.2) is 0 Å². The summed E-state index contributed by atoms with van der Waals surface area (Å²) in [6, 6.07) is 4.23. The molecule has 2 N–H and O–H groups in total. The topological polar surface area (TPSA) is 49.3 Å². The van der Waals surface area contributed by atoms with Gasteiger partial charge < -0.3 is 10.4 Å². The normalized spacial score (nSPS) is 29.9. The minimum absolute atomic E-state index is 0.105. The first kappa shape index (κ1) is 23.0. The molecule has 4 saturated carbocycles. The zero-order valence-electron chi connectivity index (χ0n) is 20.3. The first-order chi connectivity index (χ1) is 14.3. The Kier molecular flexibility index (Phi) is 5.94. The second-order valence-corrected chi connectivity index (χ2v) is 13.9.